The quantitative estimate of drug-likeness (QED) is 0.789. The van der Waals surface area contributed by atoms with Gasteiger partial charge in [0.15, 0.2) is 11.5 Å². The molecular formula is C15H17N5. The van der Waals surface area contributed by atoms with Crippen molar-refractivity contribution in [2.45, 2.75) is 6.54 Å². The molecule has 102 valence electrons. The van der Waals surface area contributed by atoms with Crippen molar-refractivity contribution < 1.29 is 0 Å². The lowest BCUT2D eigenvalue weighted by Crippen LogP contribution is -2.14. The topological polar surface area (TPSA) is 59.5 Å². The highest BCUT2D eigenvalue weighted by molar-refractivity contribution is 5.76. The van der Waals surface area contributed by atoms with Crippen molar-refractivity contribution in [2.75, 3.05) is 19.8 Å². The predicted octanol–water partition coefficient (Wildman–Crippen LogP) is 2.04. The molecule has 0 atom stereocenters. The van der Waals surface area contributed by atoms with Crippen molar-refractivity contribution in [3.05, 3.63) is 48.3 Å². The lowest BCUT2D eigenvalue weighted by atomic mass is 10.1. The largest absolute Gasteiger partial charge is 0.384 e. The maximum atomic E-state index is 6.34. The van der Waals surface area contributed by atoms with Crippen LogP contribution in [0.4, 0.5) is 5.82 Å². The van der Waals surface area contributed by atoms with Crippen LogP contribution in [0.1, 0.15) is 5.82 Å². The van der Waals surface area contributed by atoms with Crippen LogP contribution in [0.5, 0.6) is 0 Å². The van der Waals surface area contributed by atoms with Crippen LogP contribution in [0.3, 0.4) is 0 Å². The fraction of sp³-hybridized carbons (Fsp3) is 0.200. The molecule has 0 radical (unpaired) electrons. The molecule has 0 fully saturated rings. The first-order valence-corrected chi connectivity index (χ1v) is 6.49. The number of pyridine rings is 1. The van der Waals surface area contributed by atoms with E-state index >= 15 is 0 Å². The number of benzene rings is 1. The van der Waals surface area contributed by atoms with Gasteiger partial charge in [0, 0.05) is 5.56 Å². The second-order valence-corrected chi connectivity index (χ2v) is 5.05. The van der Waals surface area contributed by atoms with Gasteiger partial charge in [-0.05, 0) is 31.8 Å². The molecular weight excluding hydrogens is 250 g/mol. The van der Waals surface area contributed by atoms with Crippen LogP contribution in [0, 0.1) is 0 Å². The second-order valence-electron chi connectivity index (χ2n) is 5.05. The normalized spacial score (nSPS) is 11.3. The van der Waals surface area contributed by atoms with Crippen molar-refractivity contribution in [3.63, 3.8) is 0 Å². The molecule has 2 heterocycles. The number of hydrogen-bond donors (Lipinski definition) is 1. The molecule has 5 heteroatoms. The molecule has 3 rings (SSSR count). The summed E-state index contributed by atoms with van der Waals surface area (Å²) < 4.78 is 1.92. The van der Waals surface area contributed by atoms with E-state index in [2.05, 4.69) is 10.2 Å². The molecule has 0 spiro atoms. The minimum absolute atomic E-state index is 0.676. The van der Waals surface area contributed by atoms with E-state index in [1.807, 2.05) is 65.9 Å². The number of nitrogens with two attached hydrogens (primary N) is 1. The van der Waals surface area contributed by atoms with Crippen molar-refractivity contribution in [1.29, 1.82) is 0 Å². The minimum Gasteiger partial charge on any atom is -0.384 e. The fourth-order valence-corrected chi connectivity index (χ4v) is 2.31. The van der Waals surface area contributed by atoms with Crippen LogP contribution in [-0.2, 0) is 6.54 Å². The average molecular weight is 267 g/mol. The van der Waals surface area contributed by atoms with Gasteiger partial charge in [0.25, 0.3) is 0 Å². The molecule has 0 amide bonds. The second kappa shape index (κ2) is 4.94. The zero-order chi connectivity index (χ0) is 14.1. The van der Waals surface area contributed by atoms with Gasteiger partial charge in [0.1, 0.15) is 5.82 Å². The molecule has 20 heavy (non-hydrogen) atoms. The molecule has 0 unspecified atom stereocenters. The van der Waals surface area contributed by atoms with E-state index in [4.69, 9.17) is 5.73 Å². The summed E-state index contributed by atoms with van der Waals surface area (Å²) in [4.78, 5) is 2.05. The molecule has 3 aromatic rings. The molecule has 0 saturated carbocycles. The summed E-state index contributed by atoms with van der Waals surface area (Å²) in [7, 11) is 4.00. The monoisotopic (exact) mass is 267 g/mol. The smallest absolute Gasteiger partial charge is 0.162 e. The average Bonchev–Trinajstić information content (AvgIpc) is 2.83. The SMILES string of the molecule is CN(C)Cc1nnc2ccc(-c3ccccc3)c(N)n12. The fourth-order valence-electron chi connectivity index (χ4n) is 2.31. The number of nitrogen functional groups attached to an aromatic ring is 1. The van der Waals surface area contributed by atoms with E-state index in [-0.39, 0.29) is 0 Å². The summed E-state index contributed by atoms with van der Waals surface area (Å²) in [5, 5.41) is 8.40. The summed E-state index contributed by atoms with van der Waals surface area (Å²) in [6.45, 7) is 0.698. The van der Waals surface area contributed by atoms with E-state index in [9.17, 15) is 0 Å². The van der Waals surface area contributed by atoms with Gasteiger partial charge in [0.05, 0.1) is 6.54 Å². The van der Waals surface area contributed by atoms with Crippen LogP contribution in [0.25, 0.3) is 16.8 Å². The van der Waals surface area contributed by atoms with Crippen molar-refractivity contribution in [3.8, 4) is 11.1 Å². The van der Waals surface area contributed by atoms with Gasteiger partial charge in [-0.25, -0.2) is 0 Å². The lowest BCUT2D eigenvalue weighted by molar-refractivity contribution is 0.389. The lowest BCUT2D eigenvalue weighted by Gasteiger charge is -2.12. The van der Waals surface area contributed by atoms with Gasteiger partial charge in [-0.2, -0.15) is 0 Å². The van der Waals surface area contributed by atoms with E-state index in [0.717, 1.165) is 22.6 Å². The van der Waals surface area contributed by atoms with Crippen LogP contribution >= 0.6 is 0 Å². The third-order valence-electron chi connectivity index (χ3n) is 3.21. The Hall–Kier alpha value is -2.40. The Balaban J connectivity index is 2.19. The molecule has 0 saturated heterocycles. The first-order valence-electron chi connectivity index (χ1n) is 6.49. The summed E-state index contributed by atoms with van der Waals surface area (Å²) in [5.74, 6) is 1.52. The number of nitrogens with zero attached hydrogens (tertiary/aromatic N) is 4. The minimum atomic E-state index is 0.676. The van der Waals surface area contributed by atoms with Gasteiger partial charge < -0.3 is 10.6 Å². The Morgan fingerprint density at radius 3 is 2.50 bits per heavy atom. The molecule has 5 nitrogen and oxygen atoms in total. The van der Waals surface area contributed by atoms with E-state index in [1.54, 1.807) is 0 Å². The molecule has 0 aliphatic rings. The Bertz CT molecular complexity index is 731. The molecule has 0 aliphatic heterocycles. The van der Waals surface area contributed by atoms with Gasteiger partial charge in [-0.15, -0.1) is 10.2 Å². The highest BCUT2D eigenvalue weighted by Crippen LogP contribution is 2.27. The summed E-state index contributed by atoms with van der Waals surface area (Å²) in [6.07, 6.45) is 0. The van der Waals surface area contributed by atoms with Gasteiger partial charge in [-0.1, -0.05) is 30.3 Å². The van der Waals surface area contributed by atoms with Crippen molar-refractivity contribution in [1.82, 2.24) is 19.5 Å². The number of rotatable bonds is 3. The summed E-state index contributed by atoms with van der Waals surface area (Å²) >= 11 is 0. The Kier molecular flexibility index (Phi) is 3.12. The first kappa shape index (κ1) is 12.6. The Labute approximate surface area is 117 Å². The van der Waals surface area contributed by atoms with Crippen LogP contribution in [-0.4, -0.2) is 33.6 Å². The number of anilines is 1. The van der Waals surface area contributed by atoms with Gasteiger partial charge in [0.2, 0.25) is 0 Å². The highest BCUT2D eigenvalue weighted by atomic mass is 15.3. The standard InChI is InChI=1S/C15H17N5/c1-19(2)10-14-18-17-13-9-8-12(15(16)20(13)14)11-6-4-3-5-7-11/h3-9H,10,16H2,1-2H3. The first-order chi connectivity index (χ1) is 9.66. The number of fused-ring (bicyclic) bond motifs is 1. The predicted molar refractivity (Wildman–Crippen MR) is 80.2 cm³/mol. The van der Waals surface area contributed by atoms with Crippen LogP contribution < -0.4 is 5.73 Å². The van der Waals surface area contributed by atoms with E-state index in [1.165, 1.54) is 0 Å². The van der Waals surface area contributed by atoms with E-state index < -0.39 is 0 Å². The summed E-state index contributed by atoms with van der Waals surface area (Å²) in [6, 6.07) is 14.0. The maximum absolute atomic E-state index is 6.34. The van der Waals surface area contributed by atoms with Crippen LogP contribution in [0.15, 0.2) is 42.5 Å². The molecule has 2 aromatic heterocycles. The highest BCUT2D eigenvalue weighted by Gasteiger charge is 2.12. The zero-order valence-corrected chi connectivity index (χ0v) is 11.6. The molecule has 2 N–H and O–H groups in total. The Morgan fingerprint density at radius 1 is 1.05 bits per heavy atom. The van der Waals surface area contributed by atoms with Crippen molar-refractivity contribution >= 4 is 11.5 Å². The van der Waals surface area contributed by atoms with E-state index in [0.29, 0.717) is 12.4 Å². The number of hydrogen-bond acceptors (Lipinski definition) is 4. The third-order valence-corrected chi connectivity index (χ3v) is 3.21. The third kappa shape index (κ3) is 2.12. The molecule has 0 bridgehead atoms. The number of aromatic nitrogens is 3. The zero-order valence-electron chi connectivity index (χ0n) is 11.6. The Morgan fingerprint density at radius 2 is 1.80 bits per heavy atom. The summed E-state index contributed by atoms with van der Waals surface area (Å²) in [5.41, 5.74) is 9.21. The van der Waals surface area contributed by atoms with Gasteiger partial charge >= 0.3 is 0 Å². The van der Waals surface area contributed by atoms with Crippen LogP contribution in [0.2, 0.25) is 0 Å². The van der Waals surface area contributed by atoms with Crippen molar-refractivity contribution in [2.24, 2.45) is 0 Å². The molecule has 1 aromatic carbocycles. The maximum Gasteiger partial charge on any atom is 0.162 e. The molecule has 0 aliphatic carbocycles. The van der Waals surface area contributed by atoms with Gasteiger partial charge in [-0.3, -0.25) is 4.40 Å².